The lowest BCUT2D eigenvalue weighted by atomic mass is 9.99. The van der Waals surface area contributed by atoms with Gasteiger partial charge in [0, 0.05) is 26.2 Å². The summed E-state index contributed by atoms with van der Waals surface area (Å²) in [5.41, 5.74) is 2.62. The van der Waals surface area contributed by atoms with Gasteiger partial charge in [0.1, 0.15) is 0 Å². The van der Waals surface area contributed by atoms with E-state index < -0.39 is 0 Å². The molecule has 3 N–H and O–H groups in total. The molecule has 1 aromatic rings. The van der Waals surface area contributed by atoms with E-state index in [0.717, 1.165) is 19.0 Å². The molecule has 0 aliphatic heterocycles. The van der Waals surface area contributed by atoms with E-state index in [-0.39, 0.29) is 36.5 Å². The minimum absolute atomic E-state index is 0. The first-order valence-electron chi connectivity index (χ1n) is 7.76. The van der Waals surface area contributed by atoms with Gasteiger partial charge in [0.15, 0.2) is 5.96 Å². The molecule has 0 radical (unpaired) electrons. The van der Waals surface area contributed by atoms with Crippen LogP contribution in [0.3, 0.4) is 0 Å². The van der Waals surface area contributed by atoms with Gasteiger partial charge in [-0.05, 0) is 31.2 Å². The smallest absolute Gasteiger partial charge is 0.191 e. The Morgan fingerprint density at radius 2 is 2.00 bits per heavy atom. The number of hydrogen-bond donors (Lipinski definition) is 3. The second kappa shape index (κ2) is 11.7. The summed E-state index contributed by atoms with van der Waals surface area (Å²) in [6, 6.07) is 8.61. The third kappa shape index (κ3) is 7.98. The number of aryl methyl sites for hydroxylation is 1. The molecule has 22 heavy (non-hydrogen) atoms. The monoisotopic (exact) mass is 419 g/mol. The van der Waals surface area contributed by atoms with E-state index in [1.165, 1.54) is 11.1 Å². The van der Waals surface area contributed by atoms with Crippen molar-refractivity contribution in [2.45, 2.75) is 33.6 Å². The van der Waals surface area contributed by atoms with E-state index in [2.05, 4.69) is 60.7 Å². The number of aliphatic imine (C=N–C) groups is 1. The largest absolute Gasteiger partial charge is 0.396 e. The molecule has 2 unspecified atom stereocenters. The standard InChI is InChI=1S/C17H29N3O.HI/c1-5-18-17(19-10-14(3)12-21)20-11-15(4)16-8-6-7-13(2)9-16;/h6-9,14-15,21H,5,10-12H2,1-4H3,(H2,18,19,20);1H. The Labute approximate surface area is 151 Å². The summed E-state index contributed by atoms with van der Waals surface area (Å²) in [5.74, 6) is 1.43. The molecule has 0 aliphatic rings. The van der Waals surface area contributed by atoms with Gasteiger partial charge in [-0.25, -0.2) is 0 Å². The Kier molecular flexibility index (Phi) is 11.3. The van der Waals surface area contributed by atoms with Gasteiger partial charge in [0.05, 0.1) is 0 Å². The van der Waals surface area contributed by atoms with E-state index in [0.29, 0.717) is 12.5 Å². The maximum atomic E-state index is 9.06. The molecular formula is C17H30IN3O. The molecule has 0 aliphatic carbocycles. The second-order valence-corrected chi connectivity index (χ2v) is 5.70. The molecule has 0 fully saturated rings. The molecule has 5 heteroatoms. The minimum Gasteiger partial charge on any atom is -0.396 e. The molecule has 1 rings (SSSR count). The summed E-state index contributed by atoms with van der Waals surface area (Å²) in [6.07, 6.45) is 0. The highest BCUT2D eigenvalue weighted by atomic mass is 127. The SMILES string of the molecule is CCNC(=NCC(C)CO)NCC(C)c1cccc(C)c1.I. The number of hydrogen-bond acceptors (Lipinski definition) is 2. The summed E-state index contributed by atoms with van der Waals surface area (Å²) >= 11 is 0. The second-order valence-electron chi connectivity index (χ2n) is 5.70. The zero-order valence-electron chi connectivity index (χ0n) is 14.1. The van der Waals surface area contributed by atoms with E-state index in [1.54, 1.807) is 0 Å². The molecule has 0 saturated carbocycles. The Morgan fingerprint density at radius 1 is 1.27 bits per heavy atom. The normalized spacial score (nSPS) is 14.0. The van der Waals surface area contributed by atoms with Crippen molar-refractivity contribution >= 4 is 29.9 Å². The lowest BCUT2D eigenvalue weighted by Gasteiger charge is -2.17. The third-order valence-electron chi connectivity index (χ3n) is 3.40. The van der Waals surface area contributed by atoms with Crippen molar-refractivity contribution in [2.75, 3.05) is 26.2 Å². The van der Waals surface area contributed by atoms with Crippen LogP contribution in [-0.4, -0.2) is 37.3 Å². The van der Waals surface area contributed by atoms with Crippen LogP contribution < -0.4 is 10.6 Å². The number of rotatable bonds is 7. The molecule has 1 aromatic carbocycles. The minimum atomic E-state index is 0. The Hall–Kier alpha value is -0.820. The van der Waals surface area contributed by atoms with Gasteiger partial charge >= 0.3 is 0 Å². The van der Waals surface area contributed by atoms with Crippen LogP contribution in [0.2, 0.25) is 0 Å². The molecule has 0 bridgehead atoms. The molecule has 0 saturated heterocycles. The maximum Gasteiger partial charge on any atom is 0.191 e. The lowest BCUT2D eigenvalue weighted by Crippen LogP contribution is -2.39. The van der Waals surface area contributed by atoms with Gasteiger partial charge in [0.2, 0.25) is 0 Å². The molecule has 0 spiro atoms. The topological polar surface area (TPSA) is 56.7 Å². The first-order chi connectivity index (χ1) is 10.1. The zero-order chi connectivity index (χ0) is 15.7. The molecule has 2 atom stereocenters. The highest BCUT2D eigenvalue weighted by Gasteiger charge is 2.07. The highest BCUT2D eigenvalue weighted by Crippen LogP contribution is 2.15. The fourth-order valence-corrected chi connectivity index (χ4v) is 1.99. The summed E-state index contributed by atoms with van der Waals surface area (Å²) in [7, 11) is 0. The number of halogens is 1. The number of aliphatic hydroxyl groups is 1. The predicted molar refractivity (Wildman–Crippen MR) is 105 cm³/mol. The molecule has 4 nitrogen and oxygen atoms in total. The van der Waals surface area contributed by atoms with Crippen molar-refractivity contribution < 1.29 is 5.11 Å². The van der Waals surface area contributed by atoms with Gasteiger partial charge in [-0.3, -0.25) is 4.99 Å². The van der Waals surface area contributed by atoms with Crippen molar-refractivity contribution in [3.8, 4) is 0 Å². The number of guanidine groups is 1. The van der Waals surface area contributed by atoms with Gasteiger partial charge in [-0.2, -0.15) is 0 Å². The summed E-state index contributed by atoms with van der Waals surface area (Å²) in [6.45, 7) is 10.8. The molecule has 0 amide bonds. The van der Waals surface area contributed by atoms with Crippen LogP contribution in [0, 0.1) is 12.8 Å². The van der Waals surface area contributed by atoms with Gasteiger partial charge in [-0.15, -0.1) is 24.0 Å². The Morgan fingerprint density at radius 3 is 2.59 bits per heavy atom. The lowest BCUT2D eigenvalue weighted by molar-refractivity contribution is 0.241. The fraction of sp³-hybridized carbons (Fsp3) is 0.588. The molecule has 126 valence electrons. The number of benzene rings is 1. The van der Waals surface area contributed by atoms with Crippen LogP contribution in [0.4, 0.5) is 0 Å². The Bertz CT molecular complexity index is 451. The zero-order valence-corrected chi connectivity index (χ0v) is 16.4. The van der Waals surface area contributed by atoms with Crippen LogP contribution in [0.15, 0.2) is 29.3 Å². The predicted octanol–water partition coefficient (Wildman–Crippen LogP) is 2.90. The van der Waals surface area contributed by atoms with Crippen LogP contribution in [0.1, 0.15) is 37.8 Å². The van der Waals surface area contributed by atoms with Gasteiger partial charge in [0.25, 0.3) is 0 Å². The summed E-state index contributed by atoms with van der Waals surface area (Å²) < 4.78 is 0. The van der Waals surface area contributed by atoms with E-state index in [9.17, 15) is 0 Å². The summed E-state index contributed by atoms with van der Waals surface area (Å²) in [5, 5.41) is 15.7. The first-order valence-corrected chi connectivity index (χ1v) is 7.76. The number of aliphatic hydroxyl groups excluding tert-OH is 1. The van der Waals surface area contributed by atoms with E-state index in [4.69, 9.17) is 5.11 Å². The van der Waals surface area contributed by atoms with E-state index >= 15 is 0 Å². The van der Waals surface area contributed by atoms with Gasteiger partial charge in [-0.1, -0.05) is 43.7 Å². The third-order valence-corrected chi connectivity index (χ3v) is 3.40. The summed E-state index contributed by atoms with van der Waals surface area (Å²) in [4.78, 5) is 4.50. The Balaban J connectivity index is 0.00000441. The molecule has 0 aromatic heterocycles. The van der Waals surface area contributed by atoms with Crippen molar-refractivity contribution in [1.29, 1.82) is 0 Å². The number of nitrogens with one attached hydrogen (secondary N) is 2. The van der Waals surface area contributed by atoms with Crippen LogP contribution in [-0.2, 0) is 0 Å². The van der Waals surface area contributed by atoms with Crippen molar-refractivity contribution in [3.63, 3.8) is 0 Å². The average molecular weight is 419 g/mol. The van der Waals surface area contributed by atoms with E-state index in [1.807, 2.05) is 6.92 Å². The van der Waals surface area contributed by atoms with Crippen LogP contribution >= 0.6 is 24.0 Å². The fourth-order valence-electron chi connectivity index (χ4n) is 1.99. The van der Waals surface area contributed by atoms with Gasteiger partial charge < -0.3 is 15.7 Å². The maximum absolute atomic E-state index is 9.06. The quantitative estimate of drug-likeness (QED) is 0.362. The van der Waals surface area contributed by atoms with Crippen LogP contribution in [0.5, 0.6) is 0 Å². The van der Waals surface area contributed by atoms with Crippen molar-refractivity contribution in [2.24, 2.45) is 10.9 Å². The van der Waals surface area contributed by atoms with Crippen LogP contribution in [0.25, 0.3) is 0 Å². The first kappa shape index (κ1) is 21.2. The molecular weight excluding hydrogens is 389 g/mol. The van der Waals surface area contributed by atoms with Crippen molar-refractivity contribution in [1.82, 2.24) is 10.6 Å². The van der Waals surface area contributed by atoms with Crippen molar-refractivity contribution in [3.05, 3.63) is 35.4 Å². The molecule has 0 heterocycles. The number of nitrogens with zero attached hydrogens (tertiary/aromatic N) is 1. The average Bonchev–Trinajstić information content (AvgIpc) is 2.49. The highest BCUT2D eigenvalue weighted by molar-refractivity contribution is 14.0.